The number of fused-ring (bicyclic) bond motifs is 4. The lowest BCUT2D eigenvalue weighted by Crippen LogP contribution is -2.49. The van der Waals surface area contributed by atoms with Crippen molar-refractivity contribution in [3.63, 3.8) is 0 Å². The van der Waals surface area contributed by atoms with Gasteiger partial charge in [-0.1, -0.05) is 32.0 Å². The Morgan fingerprint density at radius 1 is 1.24 bits per heavy atom. The van der Waals surface area contributed by atoms with Gasteiger partial charge in [-0.2, -0.15) is 0 Å². The van der Waals surface area contributed by atoms with Crippen molar-refractivity contribution in [1.29, 1.82) is 0 Å². The van der Waals surface area contributed by atoms with E-state index in [2.05, 4.69) is 30.2 Å². The number of hydrogen-bond acceptors (Lipinski definition) is 3. The van der Waals surface area contributed by atoms with Crippen LogP contribution in [0.25, 0.3) is 10.9 Å². The molecule has 1 aromatic heterocycles. The van der Waals surface area contributed by atoms with Crippen LogP contribution in [0.1, 0.15) is 66.3 Å². The van der Waals surface area contributed by atoms with Crippen LogP contribution < -0.4 is 10.1 Å². The largest absolute Gasteiger partial charge is 0.497 e. The molecule has 6 nitrogen and oxygen atoms in total. The van der Waals surface area contributed by atoms with E-state index >= 15 is 0 Å². The molecular weight excluding hydrogens is 414 g/mol. The maximum atomic E-state index is 13.6. The van der Waals surface area contributed by atoms with E-state index in [1.807, 2.05) is 36.4 Å². The summed E-state index contributed by atoms with van der Waals surface area (Å²) >= 11 is 0. The van der Waals surface area contributed by atoms with Gasteiger partial charge in [-0.3, -0.25) is 9.59 Å². The second kappa shape index (κ2) is 8.58. The highest BCUT2D eigenvalue weighted by atomic mass is 16.5. The molecule has 6 heteroatoms. The Morgan fingerprint density at radius 2 is 2.06 bits per heavy atom. The van der Waals surface area contributed by atoms with Crippen molar-refractivity contribution in [2.45, 2.75) is 58.2 Å². The summed E-state index contributed by atoms with van der Waals surface area (Å²) in [7, 11) is 1.68. The first-order valence-corrected chi connectivity index (χ1v) is 11.8. The number of amides is 2. The molecule has 0 bridgehead atoms. The Balaban J connectivity index is 1.41. The number of ether oxygens (including phenoxy) is 1. The molecule has 0 unspecified atom stereocenters. The highest BCUT2D eigenvalue weighted by molar-refractivity contribution is 6.01. The van der Waals surface area contributed by atoms with Crippen LogP contribution in [-0.4, -0.2) is 34.8 Å². The van der Waals surface area contributed by atoms with Gasteiger partial charge >= 0.3 is 0 Å². The highest BCUT2D eigenvalue weighted by Crippen LogP contribution is 2.36. The second-order valence-corrected chi connectivity index (χ2v) is 9.62. The van der Waals surface area contributed by atoms with E-state index < -0.39 is 6.04 Å². The van der Waals surface area contributed by atoms with Crippen molar-refractivity contribution in [3.8, 4) is 5.75 Å². The van der Waals surface area contributed by atoms with Crippen LogP contribution in [0, 0.1) is 5.92 Å². The van der Waals surface area contributed by atoms with E-state index in [1.165, 1.54) is 5.56 Å². The third kappa shape index (κ3) is 3.88. The lowest BCUT2D eigenvalue weighted by molar-refractivity contribution is -0.127. The van der Waals surface area contributed by atoms with Crippen LogP contribution in [0.15, 0.2) is 42.5 Å². The topological polar surface area (TPSA) is 74.4 Å². The molecule has 2 aliphatic rings. The number of nitrogens with zero attached hydrogens (tertiary/aromatic N) is 1. The Bertz CT molecular complexity index is 1210. The molecule has 0 fully saturated rings. The van der Waals surface area contributed by atoms with Gasteiger partial charge in [0.15, 0.2) is 0 Å². The molecule has 2 amide bonds. The average Bonchev–Trinajstić information content (AvgIpc) is 3.35. The fourth-order valence-corrected chi connectivity index (χ4v) is 5.33. The highest BCUT2D eigenvalue weighted by Gasteiger charge is 2.38. The van der Waals surface area contributed by atoms with E-state index in [9.17, 15) is 9.59 Å². The Morgan fingerprint density at radius 3 is 2.82 bits per heavy atom. The minimum Gasteiger partial charge on any atom is -0.497 e. The molecule has 2 atom stereocenters. The summed E-state index contributed by atoms with van der Waals surface area (Å²) < 4.78 is 5.42. The van der Waals surface area contributed by atoms with Crippen molar-refractivity contribution in [2.24, 2.45) is 5.92 Å². The number of nitrogens with one attached hydrogen (secondary N) is 2. The molecule has 5 rings (SSSR count). The molecule has 33 heavy (non-hydrogen) atoms. The fourth-order valence-electron chi connectivity index (χ4n) is 5.33. The number of methoxy groups -OCH3 is 1. The van der Waals surface area contributed by atoms with Gasteiger partial charge in [0.2, 0.25) is 5.91 Å². The molecule has 2 N–H and O–H groups in total. The standard InChI is InChI=1S/C27H31N3O3/c1-16(2)13-24(30-15-17-7-4-5-8-19(17)27(30)32)26(31)29-23-10-6-9-20-21-14-18(33-3)11-12-22(21)28-25(20)23/h4-5,7-8,11-12,14,16,23-24,28H,6,9-10,13,15H2,1-3H3,(H,29,31)/t23-,24+/m1/s1. The SMILES string of the molecule is COc1ccc2[nH]c3c(c2c1)CCC[C@H]3NC(=O)[C@H](CC(C)C)N1Cc2ccccc2C1=O. The van der Waals surface area contributed by atoms with E-state index in [-0.39, 0.29) is 17.9 Å². The van der Waals surface area contributed by atoms with Gasteiger partial charge in [0.1, 0.15) is 11.8 Å². The molecule has 2 heterocycles. The van der Waals surface area contributed by atoms with Crippen molar-refractivity contribution >= 4 is 22.7 Å². The number of rotatable bonds is 6. The van der Waals surface area contributed by atoms with Gasteiger partial charge in [-0.25, -0.2) is 0 Å². The number of aromatic nitrogens is 1. The fraction of sp³-hybridized carbons (Fsp3) is 0.407. The van der Waals surface area contributed by atoms with E-state index in [0.717, 1.165) is 47.2 Å². The number of aromatic amines is 1. The number of benzene rings is 2. The Hall–Kier alpha value is -3.28. The minimum absolute atomic E-state index is 0.0477. The monoisotopic (exact) mass is 445 g/mol. The van der Waals surface area contributed by atoms with Gasteiger partial charge in [0, 0.05) is 28.7 Å². The summed E-state index contributed by atoms with van der Waals surface area (Å²) in [6.07, 6.45) is 3.50. The van der Waals surface area contributed by atoms with Crippen LogP contribution in [0.4, 0.5) is 0 Å². The zero-order valence-corrected chi connectivity index (χ0v) is 19.5. The average molecular weight is 446 g/mol. The molecule has 2 aromatic carbocycles. The first-order chi connectivity index (χ1) is 16.0. The summed E-state index contributed by atoms with van der Waals surface area (Å²) in [5.41, 5.74) is 5.10. The quantitative estimate of drug-likeness (QED) is 0.575. The molecular formula is C27H31N3O3. The number of H-pyrrole nitrogens is 1. The van der Waals surface area contributed by atoms with Crippen molar-refractivity contribution < 1.29 is 14.3 Å². The molecule has 0 saturated heterocycles. The number of carbonyl (C=O) groups excluding carboxylic acids is 2. The lowest BCUT2D eigenvalue weighted by atomic mass is 9.91. The summed E-state index contributed by atoms with van der Waals surface area (Å²) in [4.78, 5) is 32.0. The third-order valence-electron chi connectivity index (χ3n) is 6.95. The first kappa shape index (κ1) is 21.6. The van der Waals surface area contributed by atoms with Crippen molar-refractivity contribution in [2.75, 3.05) is 7.11 Å². The molecule has 1 aliphatic carbocycles. The summed E-state index contributed by atoms with van der Waals surface area (Å²) in [6.45, 7) is 4.68. The minimum atomic E-state index is -0.486. The summed E-state index contributed by atoms with van der Waals surface area (Å²) in [5, 5.41) is 4.46. The molecule has 3 aromatic rings. The molecule has 0 radical (unpaired) electrons. The summed E-state index contributed by atoms with van der Waals surface area (Å²) in [6, 6.07) is 13.1. The lowest BCUT2D eigenvalue weighted by Gasteiger charge is -2.31. The summed E-state index contributed by atoms with van der Waals surface area (Å²) in [5.74, 6) is 1.01. The van der Waals surface area contributed by atoms with E-state index in [4.69, 9.17) is 4.74 Å². The van der Waals surface area contributed by atoms with Crippen LogP contribution >= 0.6 is 0 Å². The van der Waals surface area contributed by atoms with Gasteiger partial charge in [0.25, 0.3) is 5.91 Å². The zero-order chi connectivity index (χ0) is 23.1. The molecule has 1 aliphatic heterocycles. The van der Waals surface area contributed by atoms with Crippen LogP contribution in [0.2, 0.25) is 0 Å². The predicted molar refractivity (Wildman–Crippen MR) is 128 cm³/mol. The third-order valence-corrected chi connectivity index (χ3v) is 6.95. The van der Waals surface area contributed by atoms with E-state index in [1.54, 1.807) is 12.0 Å². The maximum Gasteiger partial charge on any atom is 0.255 e. The maximum absolute atomic E-state index is 13.6. The second-order valence-electron chi connectivity index (χ2n) is 9.62. The Kier molecular flexibility index (Phi) is 5.60. The molecule has 0 saturated carbocycles. The zero-order valence-electron chi connectivity index (χ0n) is 19.5. The normalized spacial score (nSPS) is 18.4. The number of hydrogen-bond donors (Lipinski definition) is 2. The smallest absolute Gasteiger partial charge is 0.255 e. The van der Waals surface area contributed by atoms with Gasteiger partial charge in [-0.05, 0) is 67.0 Å². The van der Waals surface area contributed by atoms with Crippen LogP contribution in [-0.2, 0) is 17.8 Å². The Labute approximate surface area is 194 Å². The van der Waals surface area contributed by atoms with Gasteiger partial charge in [-0.15, -0.1) is 0 Å². The van der Waals surface area contributed by atoms with E-state index in [0.29, 0.717) is 24.4 Å². The van der Waals surface area contributed by atoms with Crippen molar-refractivity contribution in [3.05, 3.63) is 64.8 Å². The molecule has 172 valence electrons. The van der Waals surface area contributed by atoms with Crippen LogP contribution in [0.3, 0.4) is 0 Å². The first-order valence-electron chi connectivity index (χ1n) is 11.8. The molecule has 0 spiro atoms. The number of aryl methyl sites for hydroxylation is 1. The number of carbonyl (C=O) groups is 2. The van der Waals surface area contributed by atoms with Crippen LogP contribution in [0.5, 0.6) is 5.75 Å². The predicted octanol–water partition coefficient (Wildman–Crippen LogP) is 4.74. The van der Waals surface area contributed by atoms with Gasteiger partial charge < -0.3 is 19.9 Å². The van der Waals surface area contributed by atoms with Crippen molar-refractivity contribution in [1.82, 2.24) is 15.2 Å². The van der Waals surface area contributed by atoms with Gasteiger partial charge in [0.05, 0.1) is 13.2 Å².